The molecule has 0 amide bonds. The van der Waals surface area contributed by atoms with Crippen LogP contribution in [0.15, 0.2) is 23.4 Å². The summed E-state index contributed by atoms with van der Waals surface area (Å²) in [4.78, 5) is 12.4. The first-order valence-corrected chi connectivity index (χ1v) is 8.88. The highest BCUT2D eigenvalue weighted by atomic mass is 32.2. The van der Waals surface area contributed by atoms with E-state index in [1.165, 1.54) is 24.2 Å². The Kier molecular flexibility index (Phi) is 5.23. The van der Waals surface area contributed by atoms with Gasteiger partial charge >= 0.3 is 0 Å². The van der Waals surface area contributed by atoms with Gasteiger partial charge in [0.1, 0.15) is 0 Å². The Bertz CT molecular complexity index is 731. The minimum atomic E-state index is -1.02. The monoisotopic (exact) mass is 352 g/mol. The average molecular weight is 352 g/mol. The lowest BCUT2D eigenvalue weighted by atomic mass is 9.96. The molecular weight excluding hydrogens is 334 g/mol. The van der Waals surface area contributed by atoms with Crippen LogP contribution >= 0.6 is 11.8 Å². The first-order chi connectivity index (χ1) is 11.6. The Labute approximate surface area is 142 Å². The molecular formula is C16H18F2N4OS. The zero-order valence-electron chi connectivity index (χ0n) is 13.3. The number of thioether (sulfide) groups is 1. The fourth-order valence-corrected chi connectivity index (χ4v) is 3.85. The lowest BCUT2D eigenvalue weighted by Crippen LogP contribution is -2.18. The fourth-order valence-electron chi connectivity index (χ4n) is 2.91. The molecule has 1 aromatic carbocycles. The van der Waals surface area contributed by atoms with E-state index in [2.05, 4.69) is 15.5 Å². The standard InChI is InChI=1S/C16H18F2N4OS/c1-10(15(23)11-7-8-13(17)14(18)9-11)24-16-19-20-21-22(16)12-5-3-2-4-6-12/h7-10,12H,2-6H2,1H3/t10-/m0/s1. The van der Waals surface area contributed by atoms with Crippen LogP contribution in [0.4, 0.5) is 8.78 Å². The van der Waals surface area contributed by atoms with E-state index in [0.717, 1.165) is 37.8 Å². The molecule has 24 heavy (non-hydrogen) atoms. The molecule has 0 unspecified atom stereocenters. The van der Waals surface area contributed by atoms with Gasteiger partial charge in [-0.15, -0.1) is 5.10 Å². The molecule has 1 heterocycles. The van der Waals surface area contributed by atoms with Gasteiger partial charge in [0.25, 0.3) is 0 Å². The van der Waals surface area contributed by atoms with Crippen LogP contribution in [-0.4, -0.2) is 31.2 Å². The molecule has 0 radical (unpaired) electrons. The number of benzene rings is 1. The number of hydrogen-bond acceptors (Lipinski definition) is 5. The zero-order valence-corrected chi connectivity index (χ0v) is 14.1. The van der Waals surface area contributed by atoms with Gasteiger partial charge in [-0.2, -0.15) is 0 Å². The molecule has 0 saturated heterocycles. The quantitative estimate of drug-likeness (QED) is 0.605. The molecule has 5 nitrogen and oxygen atoms in total. The summed E-state index contributed by atoms with van der Waals surface area (Å²) in [5.74, 6) is -2.27. The van der Waals surface area contributed by atoms with Crippen molar-refractivity contribution in [3.05, 3.63) is 35.4 Å². The highest BCUT2D eigenvalue weighted by Gasteiger charge is 2.24. The second kappa shape index (κ2) is 7.38. The van der Waals surface area contributed by atoms with Crippen molar-refractivity contribution in [2.24, 2.45) is 0 Å². The number of carbonyl (C=O) groups excluding carboxylic acids is 1. The van der Waals surface area contributed by atoms with Crippen molar-refractivity contribution >= 4 is 17.5 Å². The summed E-state index contributed by atoms with van der Waals surface area (Å²) in [6.45, 7) is 1.72. The molecule has 2 aromatic rings. The minimum absolute atomic E-state index is 0.144. The Morgan fingerprint density at radius 3 is 2.71 bits per heavy atom. The molecule has 1 saturated carbocycles. The average Bonchev–Trinajstić information content (AvgIpc) is 3.05. The van der Waals surface area contributed by atoms with Crippen molar-refractivity contribution in [1.82, 2.24) is 20.2 Å². The predicted octanol–water partition coefficient (Wildman–Crippen LogP) is 3.82. The number of aromatic nitrogens is 4. The van der Waals surface area contributed by atoms with Crippen LogP contribution in [0.5, 0.6) is 0 Å². The molecule has 1 atom stereocenters. The number of hydrogen-bond donors (Lipinski definition) is 0. The molecule has 3 rings (SSSR count). The van der Waals surface area contributed by atoms with Crippen LogP contribution in [0, 0.1) is 11.6 Å². The highest BCUT2D eigenvalue weighted by Crippen LogP contribution is 2.32. The van der Waals surface area contributed by atoms with Gasteiger partial charge in [-0.25, -0.2) is 13.5 Å². The van der Waals surface area contributed by atoms with E-state index in [0.29, 0.717) is 5.16 Å². The van der Waals surface area contributed by atoms with Gasteiger partial charge < -0.3 is 0 Å². The first kappa shape index (κ1) is 17.0. The lowest BCUT2D eigenvalue weighted by Gasteiger charge is -2.22. The number of carbonyl (C=O) groups is 1. The molecule has 0 spiro atoms. The fraction of sp³-hybridized carbons (Fsp3) is 0.500. The van der Waals surface area contributed by atoms with Gasteiger partial charge in [0.2, 0.25) is 5.16 Å². The normalized spacial score (nSPS) is 17.0. The highest BCUT2D eigenvalue weighted by molar-refractivity contribution is 8.00. The number of rotatable bonds is 5. The number of Topliss-reactive ketones (excluding diaryl/α,β-unsaturated/α-hetero) is 1. The topological polar surface area (TPSA) is 60.7 Å². The van der Waals surface area contributed by atoms with Gasteiger partial charge in [0.05, 0.1) is 11.3 Å². The van der Waals surface area contributed by atoms with Crippen LogP contribution in [0.2, 0.25) is 0 Å². The van der Waals surface area contributed by atoms with E-state index in [4.69, 9.17) is 0 Å². The van der Waals surface area contributed by atoms with Crippen molar-refractivity contribution in [3.63, 3.8) is 0 Å². The van der Waals surface area contributed by atoms with Crippen molar-refractivity contribution in [2.75, 3.05) is 0 Å². The summed E-state index contributed by atoms with van der Waals surface area (Å²) < 4.78 is 28.1. The van der Waals surface area contributed by atoms with Crippen molar-refractivity contribution in [3.8, 4) is 0 Å². The minimum Gasteiger partial charge on any atom is -0.293 e. The van der Waals surface area contributed by atoms with Crippen LogP contribution in [0.25, 0.3) is 0 Å². The summed E-state index contributed by atoms with van der Waals surface area (Å²) in [7, 11) is 0. The maximum absolute atomic E-state index is 13.3. The Balaban J connectivity index is 1.72. The molecule has 0 N–H and O–H groups in total. The maximum Gasteiger partial charge on any atom is 0.210 e. The van der Waals surface area contributed by atoms with Gasteiger partial charge in [0, 0.05) is 5.56 Å². The van der Waals surface area contributed by atoms with E-state index in [9.17, 15) is 13.6 Å². The van der Waals surface area contributed by atoms with Crippen LogP contribution < -0.4 is 0 Å². The van der Waals surface area contributed by atoms with Crippen molar-refractivity contribution < 1.29 is 13.6 Å². The van der Waals surface area contributed by atoms with Gasteiger partial charge in [-0.1, -0.05) is 31.0 Å². The van der Waals surface area contributed by atoms with Gasteiger partial charge in [-0.3, -0.25) is 4.79 Å². The SMILES string of the molecule is C[C@H](Sc1nnnn1C1CCCCC1)C(=O)c1ccc(F)c(F)c1. The summed E-state index contributed by atoms with van der Waals surface area (Å²) in [6.07, 6.45) is 5.59. The zero-order chi connectivity index (χ0) is 17.1. The van der Waals surface area contributed by atoms with Gasteiger partial charge in [-0.05, 0) is 48.4 Å². The number of ketones is 1. The largest absolute Gasteiger partial charge is 0.293 e. The van der Waals surface area contributed by atoms with Crippen LogP contribution in [0.3, 0.4) is 0 Å². The van der Waals surface area contributed by atoms with E-state index in [1.54, 1.807) is 11.6 Å². The molecule has 1 aliphatic rings. The Hall–Kier alpha value is -1.83. The molecule has 128 valence electrons. The molecule has 0 bridgehead atoms. The van der Waals surface area contributed by atoms with Crippen molar-refractivity contribution in [2.45, 2.75) is 55.5 Å². The third kappa shape index (κ3) is 3.63. The molecule has 1 aliphatic carbocycles. The third-order valence-electron chi connectivity index (χ3n) is 4.24. The number of nitrogens with zero attached hydrogens (tertiary/aromatic N) is 4. The smallest absolute Gasteiger partial charge is 0.210 e. The number of tetrazole rings is 1. The van der Waals surface area contributed by atoms with Crippen LogP contribution in [-0.2, 0) is 0 Å². The van der Waals surface area contributed by atoms with Gasteiger partial charge in [0.15, 0.2) is 17.4 Å². The first-order valence-electron chi connectivity index (χ1n) is 8.00. The molecule has 8 heteroatoms. The van der Waals surface area contributed by atoms with E-state index in [-0.39, 0.29) is 17.4 Å². The number of halogens is 2. The summed E-state index contributed by atoms with van der Waals surface area (Å²) >= 11 is 1.24. The summed E-state index contributed by atoms with van der Waals surface area (Å²) in [5.41, 5.74) is 0.144. The molecule has 0 aliphatic heterocycles. The second-order valence-electron chi connectivity index (χ2n) is 5.95. The van der Waals surface area contributed by atoms with Crippen LogP contribution in [0.1, 0.15) is 55.4 Å². The second-order valence-corrected chi connectivity index (χ2v) is 7.26. The Morgan fingerprint density at radius 2 is 2.00 bits per heavy atom. The summed E-state index contributed by atoms with van der Waals surface area (Å²) in [5, 5.41) is 11.9. The molecule has 1 aromatic heterocycles. The Morgan fingerprint density at radius 1 is 1.25 bits per heavy atom. The van der Waals surface area contributed by atoms with E-state index in [1.807, 2.05) is 0 Å². The van der Waals surface area contributed by atoms with E-state index < -0.39 is 16.9 Å². The molecule has 1 fully saturated rings. The predicted molar refractivity (Wildman–Crippen MR) is 85.9 cm³/mol. The van der Waals surface area contributed by atoms with E-state index >= 15 is 0 Å². The third-order valence-corrected chi connectivity index (χ3v) is 5.29. The maximum atomic E-state index is 13.3. The lowest BCUT2D eigenvalue weighted by molar-refractivity contribution is 0.0993. The summed E-state index contributed by atoms with van der Waals surface area (Å²) in [6, 6.07) is 3.45. The van der Waals surface area contributed by atoms with Crippen molar-refractivity contribution in [1.29, 1.82) is 0 Å².